The third-order valence-electron chi connectivity index (χ3n) is 3.82. The van der Waals surface area contributed by atoms with Crippen LogP contribution >= 0.6 is 47.9 Å². The number of hydrogen-bond donors (Lipinski definition) is 7. The average Bonchev–Trinajstić information content (AvgIpc) is 2.85. The smallest absolute Gasteiger partial charge is 0.387 e. The van der Waals surface area contributed by atoms with Crippen LogP contribution in [-0.2, 0) is 31.6 Å². The largest absolute Gasteiger partial charge is 0.490 e. The van der Waals surface area contributed by atoms with Crippen molar-refractivity contribution < 1.29 is 70.1 Å². The van der Waals surface area contributed by atoms with Crippen molar-refractivity contribution in [3.8, 4) is 0 Å². The Bertz CT molecular complexity index is 1130. The van der Waals surface area contributed by atoms with Gasteiger partial charge in [-0.05, 0) is 12.2 Å². The van der Waals surface area contributed by atoms with E-state index in [4.69, 9.17) is 31.6 Å². The van der Waals surface area contributed by atoms with Crippen molar-refractivity contribution in [1.82, 2.24) is 9.55 Å². The SMILES string of the molecule is O=P(O)(O)OP(=O)(O)OP(=O)(O)OC[C@@]1(CF)O[C@@H](n2cc(F)c(=S)[nH]c2=S)[C@@H](O)C1O. The van der Waals surface area contributed by atoms with Gasteiger partial charge in [-0.15, -0.1) is 0 Å². The van der Waals surface area contributed by atoms with Crippen molar-refractivity contribution >= 4 is 47.9 Å². The Morgan fingerprint density at radius 3 is 2.28 bits per heavy atom. The number of aliphatic hydroxyl groups is 2. The zero-order valence-corrected chi connectivity index (χ0v) is 19.4. The summed E-state index contributed by atoms with van der Waals surface area (Å²) in [5.41, 5.74) is -2.60. The van der Waals surface area contributed by atoms with Crippen molar-refractivity contribution in [1.29, 1.82) is 0 Å². The molecule has 1 aromatic rings. The third-order valence-corrected chi connectivity index (χ3v) is 8.22. The van der Waals surface area contributed by atoms with Gasteiger partial charge >= 0.3 is 23.5 Å². The molecule has 0 bridgehead atoms. The van der Waals surface area contributed by atoms with Gasteiger partial charge in [-0.1, -0.05) is 12.2 Å². The van der Waals surface area contributed by atoms with Gasteiger partial charge in [0.05, 0.1) is 6.61 Å². The fourth-order valence-electron chi connectivity index (χ4n) is 2.48. The molecule has 1 fully saturated rings. The fourth-order valence-corrected chi connectivity index (χ4v) is 6.03. The van der Waals surface area contributed by atoms with Crippen LogP contribution in [0.5, 0.6) is 0 Å². The predicted octanol–water partition coefficient (Wildman–Crippen LogP) is 0.716. The van der Waals surface area contributed by atoms with E-state index < -0.39 is 71.2 Å². The summed E-state index contributed by atoms with van der Waals surface area (Å²) in [5, 5.41) is 20.5. The van der Waals surface area contributed by atoms with Crippen LogP contribution in [0.1, 0.15) is 6.23 Å². The average molecular weight is 566 g/mol. The van der Waals surface area contributed by atoms with Gasteiger partial charge in [0, 0.05) is 6.20 Å². The van der Waals surface area contributed by atoms with E-state index in [9.17, 15) is 37.6 Å². The number of aromatic amines is 1. The number of aliphatic hydroxyl groups excluding tert-OH is 2. The first-order valence-electron chi connectivity index (χ1n) is 7.81. The molecule has 15 nitrogen and oxygen atoms in total. The standard InChI is InChI=1S/C10H15F2N2O13P3S2/c11-2-10(3-24-29(20,21)27-30(22,23)26-28(17,18)19)6(16)5(15)8(25-10)14-1-4(12)7(31)13-9(14)32/h1,5-6,8,15-16H,2-3H2,(H,20,21)(H,22,23)(H,13,31,32)(H2,17,18,19)/t5-,6?,8+,10+/m0/s1. The minimum atomic E-state index is -5.85. The molecule has 1 aromatic heterocycles. The topological polar surface area (TPSA) is 230 Å². The molecular weight excluding hydrogens is 551 g/mol. The number of ether oxygens (including phenoxy) is 1. The number of phosphoric acid groups is 3. The second-order valence-electron chi connectivity index (χ2n) is 6.15. The second kappa shape index (κ2) is 9.73. The molecule has 1 aliphatic rings. The summed E-state index contributed by atoms with van der Waals surface area (Å²) in [6.07, 6.45) is -5.25. The number of rotatable bonds is 9. The number of halogens is 2. The van der Waals surface area contributed by atoms with Crippen LogP contribution in [0.15, 0.2) is 6.20 Å². The summed E-state index contributed by atoms with van der Waals surface area (Å²) in [7, 11) is -17.2. The summed E-state index contributed by atoms with van der Waals surface area (Å²) in [5.74, 6) is -1.02. The summed E-state index contributed by atoms with van der Waals surface area (Å²) >= 11 is 9.54. The molecule has 7 N–H and O–H groups in total. The van der Waals surface area contributed by atoms with Crippen molar-refractivity contribution in [2.75, 3.05) is 13.3 Å². The monoisotopic (exact) mass is 566 g/mol. The van der Waals surface area contributed by atoms with Gasteiger partial charge in [0.25, 0.3) is 0 Å². The summed E-state index contributed by atoms with van der Waals surface area (Å²) in [6.45, 7) is -3.10. The molecule has 2 heterocycles. The molecule has 1 saturated heterocycles. The molecule has 0 saturated carbocycles. The van der Waals surface area contributed by atoms with Crippen LogP contribution in [0.25, 0.3) is 0 Å². The Morgan fingerprint density at radius 2 is 1.75 bits per heavy atom. The molecule has 0 amide bonds. The number of nitrogens with one attached hydrogen (secondary N) is 1. The summed E-state index contributed by atoms with van der Waals surface area (Å²) in [6, 6.07) is 0. The molecule has 184 valence electrons. The maximum atomic E-state index is 13.8. The van der Waals surface area contributed by atoms with Gasteiger partial charge in [0.15, 0.2) is 22.4 Å². The lowest BCUT2D eigenvalue weighted by atomic mass is 9.98. The van der Waals surface area contributed by atoms with Gasteiger partial charge < -0.3 is 39.5 Å². The van der Waals surface area contributed by atoms with Gasteiger partial charge in [0.2, 0.25) is 0 Å². The van der Waals surface area contributed by atoms with Crippen LogP contribution in [0.2, 0.25) is 0 Å². The Kier molecular flexibility index (Phi) is 8.49. The minimum Gasteiger partial charge on any atom is -0.387 e. The first-order chi connectivity index (χ1) is 14.4. The Hall–Kier alpha value is -0.330. The maximum Gasteiger partial charge on any atom is 0.490 e. The number of hydrogen-bond acceptors (Lipinski definition) is 11. The normalized spacial score (nSPS) is 30.1. The molecule has 22 heteroatoms. The molecule has 0 spiro atoms. The van der Waals surface area contributed by atoms with Gasteiger partial charge in [-0.3, -0.25) is 9.09 Å². The Labute approximate surface area is 186 Å². The van der Waals surface area contributed by atoms with Crippen LogP contribution in [0.3, 0.4) is 0 Å². The zero-order chi connectivity index (χ0) is 24.7. The van der Waals surface area contributed by atoms with E-state index in [2.05, 4.69) is 30.3 Å². The van der Waals surface area contributed by atoms with Gasteiger partial charge in [-0.2, -0.15) is 8.62 Å². The minimum absolute atomic E-state index is 0.310. The fraction of sp³-hybridized carbons (Fsp3) is 0.600. The zero-order valence-electron chi connectivity index (χ0n) is 15.1. The first-order valence-corrected chi connectivity index (χ1v) is 13.1. The number of H-pyrrole nitrogens is 1. The van der Waals surface area contributed by atoms with Crippen molar-refractivity contribution in [2.24, 2.45) is 0 Å². The van der Waals surface area contributed by atoms with Crippen LogP contribution < -0.4 is 0 Å². The van der Waals surface area contributed by atoms with E-state index in [-0.39, 0.29) is 4.77 Å². The molecular formula is C10H15F2N2O13P3S2. The van der Waals surface area contributed by atoms with Crippen molar-refractivity contribution in [3.63, 3.8) is 0 Å². The van der Waals surface area contributed by atoms with Crippen molar-refractivity contribution in [2.45, 2.75) is 24.0 Å². The van der Waals surface area contributed by atoms with E-state index >= 15 is 0 Å². The highest BCUT2D eigenvalue weighted by molar-refractivity contribution is 7.72. The Balaban J connectivity index is 2.25. The highest BCUT2D eigenvalue weighted by Gasteiger charge is 2.57. The highest BCUT2D eigenvalue weighted by atomic mass is 32.1. The van der Waals surface area contributed by atoms with E-state index in [1.54, 1.807) is 0 Å². The molecule has 0 radical (unpaired) electrons. The molecule has 6 atom stereocenters. The number of phosphoric ester groups is 1. The Morgan fingerprint density at radius 1 is 1.16 bits per heavy atom. The predicted molar refractivity (Wildman–Crippen MR) is 101 cm³/mol. The third kappa shape index (κ3) is 6.63. The summed E-state index contributed by atoms with van der Waals surface area (Å²) in [4.78, 5) is 37.8. The first kappa shape index (κ1) is 27.9. The number of aromatic nitrogens is 2. The van der Waals surface area contributed by atoms with E-state index in [0.29, 0.717) is 6.20 Å². The molecule has 0 aromatic carbocycles. The van der Waals surface area contributed by atoms with Crippen LogP contribution in [0.4, 0.5) is 8.78 Å². The van der Waals surface area contributed by atoms with E-state index in [1.165, 1.54) is 0 Å². The molecule has 32 heavy (non-hydrogen) atoms. The summed E-state index contributed by atoms with van der Waals surface area (Å²) < 4.78 is 77.9. The molecule has 1 aliphatic heterocycles. The lowest BCUT2D eigenvalue weighted by Crippen LogP contribution is -2.48. The number of alkyl halides is 1. The molecule has 2 rings (SSSR count). The maximum absolute atomic E-state index is 13.8. The lowest BCUT2D eigenvalue weighted by molar-refractivity contribution is -0.136. The van der Waals surface area contributed by atoms with Crippen LogP contribution in [-0.4, -0.2) is 70.4 Å². The van der Waals surface area contributed by atoms with Crippen LogP contribution in [0, 0.1) is 15.2 Å². The second-order valence-corrected chi connectivity index (χ2v) is 11.4. The molecule has 3 unspecified atom stereocenters. The van der Waals surface area contributed by atoms with Crippen molar-refractivity contribution in [3.05, 3.63) is 21.4 Å². The highest BCUT2D eigenvalue weighted by Crippen LogP contribution is 2.66. The lowest BCUT2D eigenvalue weighted by Gasteiger charge is -2.29. The van der Waals surface area contributed by atoms with Gasteiger partial charge in [0.1, 0.15) is 23.5 Å². The quantitative estimate of drug-likeness (QED) is 0.161. The molecule has 0 aliphatic carbocycles. The van der Waals surface area contributed by atoms with E-state index in [0.717, 1.165) is 4.57 Å². The number of nitrogens with zero attached hydrogens (tertiary/aromatic N) is 1. The van der Waals surface area contributed by atoms with Gasteiger partial charge in [-0.25, -0.2) is 22.5 Å². The van der Waals surface area contributed by atoms with E-state index in [1.807, 2.05) is 0 Å².